The molecule has 0 spiro atoms. The van der Waals surface area contributed by atoms with Gasteiger partial charge in [-0.3, -0.25) is 0 Å². The van der Waals surface area contributed by atoms with Crippen LogP contribution in [0.15, 0.2) is 24.3 Å². The third-order valence-corrected chi connectivity index (χ3v) is 1.68. The minimum absolute atomic E-state index is 0.0648. The largest absolute Gasteiger partial charge is 0.549 e. The van der Waals surface area contributed by atoms with E-state index in [0.29, 0.717) is 0 Å². The summed E-state index contributed by atoms with van der Waals surface area (Å²) in [4.78, 5) is 10.4. The minimum atomic E-state index is -0.992. The Bertz CT molecular complexity index is 191. The van der Waals surface area contributed by atoms with Gasteiger partial charge in [0, 0.05) is 11.9 Å². The molecule has 0 aromatic carbocycles. The average molecular weight is 137 g/mol. The van der Waals surface area contributed by atoms with Gasteiger partial charge in [0.2, 0.25) is 0 Å². The number of hydrogen-bond acceptors (Lipinski definition) is 2. The van der Waals surface area contributed by atoms with Gasteiger partial charge in [0.05, 0.1) is 0 Å². The second-order valence-corrected chi connectivity index (χ2v) is 2.47. The van der Waals surface area contributed by atoms with E-state index in [1.165, 1.54) is 0 Å². The fraction of sp³-hybridized carbons (Fsp3) is 0.375. The quantitative estimate of drug-likeness (QED) is 0.514. The molecule has 0 aromatic heterocycles. The van der Waals surface area contributed by atoms with E-state index >= 15 is 0 Å². The summed E-state index contributed by atoms with van der Waals surface area (Å²) >= 11 is 0. The molecular weight excluding hydrogens is 128 g/mol. The zero-order chi connectivity index (χ0) is 7.56. The molecule has 2 unspecified atom stereocenters. The van der Waals surface area contributed by atoms with E-state index in [-0.39, 0.29) is 5.92 Å². The maximum atomic E-state index is 10.4. The summed E-state index contributed by atoms with van der Waals surface area (Å²) in [5.41, 5.74) is 0. The van der Waals surface area contributed by atoms with E-state index in [9.17, 15) is 9.90 Å². The lowest BCUT2D eigenvalue weighted by Gasteiger charge is -2.20. The SMILES string of the molecule is CC1C=CC=CC1C(=O)[O-]. The van der Waals surface area contributed by atoms with Crippen molar-refractivity contribution in [2.45, 2.75) is 6.92 Å². The number of allylic oxidation sites excluding steroid dienone is 3. The summed E-state index contributed by atoms with van der Waals surface area (Å²) in [7, 11) is 0. The normalized spacial score (nSPS) is 30.5. The van der Waals surface area contributed by atoms with E-state index in [0.717, 1.165) is 0 Å². The summed E-state index contributed by atoms with van der Waals surface area (Å²) in [5, 5.41) is 10.4. The number of carbonyl (C=O) groups excluding carboxylic acids is 1. The van der Waals surface area contributed by atoms with E-state index in [4.69, 9.17) is 0 Å². The molecule has 0 saturated carbocycles. The monoisotopic (exact) mass is 137 g/mol. The van der Waals surface area contributed by atoms with Gasteiger partial charge < -0.3 is 9.90 Å². The van der Waals surface area contributed by atoms with Crippen LogP contribution in [0.5, 0.6) is 0 Å². The zero-order valence-electron chi connectivity index (χ0n) is 5.78. The molecule has 0 bridgehead atoms. The molecule has 0 N–H and O–H groups in total. The van der Waals surface area contributed by atoms with Crippen LogP contribution in [0.1, 0.15) is 6.92 Å². The van der Waals surface area contributed by atoms with Crippen molar-refractivity contribution in [2.75, 3.05) is 0 Å². The predicted octanol–water partition coefficient (Wildman–Crippen LogP) is 0.115. The van der Waals surface area contributed by atoms with E-state index in [1.807, 2.05) is 19.1 Å². The van der Waals surface area contributed by atoms with Crippen molar-refractivity contribution in [3.63, 3.8) is 0 Å². The lowest BCUT2D eigenvalue weighted by Crippen LogP contribution is -2.33. The van der Waals surface area contributed by atoms with Gasteiger partial charge in [0.25, 0.3) is 0 Å². The van der Waals surface area contributed by atoms with Gasteiger partial charge in [0.15, 0.2) is 0 Å². The zero-order valence-corrected chi connectivity index (χ0v) is 5.78. The van der Waals surface area contributed by atoms with Gasteiger partial charge in [0.1, 0.15) is 0 Å². The molecule has 0 saturated heterocycles. The Morgan fingerprint density at radius 2 is 2.00 bits per heavy atom. The van der Waals surface area contributed by atoms with E-state index < -0.39 is 11.9 Å². The van der Waals surface area contributed by atoms with Crippen LogP contribution in [-0.4, -0.2) is 5.97 Å². The van der Waals surface area contributed by atoms with Crippen LogP contribution in [0.3, 0.4) is 0 Å². The van der Waals surface area contributed by atoms with Crippen molar-refractivity contribution < 1.29 is 9.90 Å². The van der Waals surface area contributed by atoms with E-state index in [2.05, 4.69) is 0 Å². The van der Waals surface area contributed by atoms with Gasteiger partial charge in [-0.2, -0.15) is 0 Å². The van der Waals surface area contributed by atoms with Crippen LogP contribution in [0.2, 0.25) is 0 Å². The second kappa shape index (κ2) is 2.69. The highest BCUT2D eigenvalue weighted by Gasteiger charge is 2.13. The number of aliphatic carboxylic acids is 1. The van der Waals surface area contributed by atoms with Gasteiger partial charge in [-0.05, 0) is 5.92 Å². The van der Waals surface area contributed by atoms with Crippen LogP contribution in [0.4, 0.5) is 0 Å². The van der Waals surface area contributed by atoms with E-state index in [1.54, 1.807) is 12.2 Å². The molecule has 10 heavy (non-hydrogen) atoms. The highest BCUT2D eigenvalue weighted by Crippen LogP contribution is 2.17. The highest BCUT2D eigenvalue weighted by molar-refractivity contribution is 5.71. The van der Waals surface area contributed by atoms with Gasteiger partial charge >= 0.3 is 0 Å². The third kappa shape index (κ3) is 1.26. The molecule has 2 heteroatoms. The summed E-state index contributed by atoms with van der Waals surface area (Å²) in [6.07, 6.45) is 7.10. The van der Waals surface area contributed by atoms with Crippen molar-refractivity contribution >= 4 is 5.97 Å². The van der Waals surface area contributed by atoms with Crippen molar-refractivity contribution in [3.8, 4) is 0 Å². The Morgan fingerprint density at radius 3 is 2.40 bits per heavy atom. The van der Waals surface area contributed by atoms with Crippen molar-refractivity contribution in [2.24, 2.45) is 11.8 Å². The first-order valence-electron chi connectivity index (χ1n) is 3.27. The molecule has 0 radical (unpaired) electrons. The fourth-order valence-electron chi connectivity index (χ4n) is 1.01. The molecule has 0 aromatic rings. The molecule has 54 valence electrons. The smallest absolute Gasteiger partial charge is 0.0488 e. The average Bonchev–Trinajstić information content (AvgIpc) is 1.88. The summed E-state index contributed by atoms with van der Waals surface area (Å²) in [6, 6.07) is 0. The van der Waals surface area contributed by atoms with Crippen molar-refractivity contribution in [3.05, 3.63) is 24.3 Å². The molecule has 0 fully saturated rings. The Balaban J connectivity index is 2.70. The van der Waals surface area contributed by atoms with Crippen LogP contribution < -0.4 is 5.11 Å². The lowest BCUT2D eigenvalue weighted by atomic mass is 9.90. The summed E-state index contributed by atoms with van der Waals surface area (Å²) in [6.45, 7) is 1.86. The van der Waals surface area contributed by atoms with Crippen LogP contribution in [-0.2, 0) is 4.79 Å². The topological polar surface area (TPSA) is 40.1 Å². The van der Waals surface area contributed by atoms with Crippen molar-refractivity contribution in [1.82, 2.24) is 0 Å². The fourth-order valence-corrected chi connectivity index (χ4v) is 1.01. The number of carboxylic acids is 1. The highest BCUT2D eigenvalue weighted by atomic mass is 16.4. The van der Waals surface area contributed by atoms with Crippen LogP contribution >= 0.6 is 0 Å². The molecule has 0 aliphatic heterocycles. The maximum Gasteiger partial charge on any atom is 0.0488 e. The number of carboxylic acid groups (broad SMARTS) is 1. The molecule has 0 amide bonds. The molecular formula is C8H9O2-. The molecule has 0 heterocycles. The first-order valence-corrected chi connectivity index (χ1v) is 3.27. The number of hydrogen-bond donors (Lipinski definition) is 0. The molecule has 1 rings (SSSR count). The van der Waals surface area contributed by atoms with Gasteiger partial charge in [-0.1, -0.05) is 31.2 Å². The maximum absolute atomic E-state index is 10.4. The second-order valence-electron chi connectivity index (χ2n) is 2.47. The molecule has 2 atom stereocenters. The Labute approximate surface area is 59.9 Å². The minimum Gasteiger partial charge on any atom is -0.549 e. The Morgan fingerprint density at radius 1 is 1.40 bits per heavy atom. The first-order chi connectivity index (χ1) is 4.72. The van der Waals surface area contributed by atoms with Gasteiger partial charge in [-0.25, -0.2) is 0 Å². The third-order valence-electron chi connectivity index (χ3n) is 1.68. The summed E-state index contributed by atoms with van der Waals surface area (Å²) in [5.74, 6) is -1.37. The van der Waals surface area contributed by atoms with Crippen LogP contribution in [0.25, 0.3) is 0 Å². The first kappa shape index (κ1) is 7.06. The standard InChI is InChI=1S/C8H10O2/c1-6-4-2-3-5-7(6)8(9)10/h2-7H,1H3,(H,9,10)/p-1. The molecule has 1 aliphatic rings. The molecule has 1 aliphatic carbocycles. The Kier molecular flexibility index (Phi) is 1.90. The lowest BCUT2D eigenvalue weighted by molar-refractivity contribution is -0.310. The number of carbonyl (C=O) groups is 1. The molecule has 2 nitrogen and oxygen atoms in total. The van der Waals surface area contributed by atoms with Gasteiger partial charge in [-0.15, -0.1) is 0 Å². The van der Waals surface area contributed by atoms with Crippen LogP contribution in [0, 0.1) is 11.8 Å². The number of rotatable bonds is 1. The summed E-state index contributed by atoms with van der Waals surface area (Å²) < 4.78 is 0. The predicted molar refractivity (Wildman–Crippen MR) is 35.9 cm³/mol. The van der Waals surface area contributed by atoms with Crippen molar-refractivity contribution in [1.29, 1.82) is 0 Å². The Hall–Kier alpha value is -1.05.